The molecule has 32 heavy (non-hydrogen) atoms. The second kappa shape index (κ2) is 9.79. The number of amides is 2. The normalized spacial score (nSPS) is 11.2. The highest BCUT2D eigenvalue weighted by Crippen LogP contribution is 2.27. The van der Waals surface area contributed by atoms with Crippen LogP contribution in [0.2, 0.25) is 0 Å². The van der Waals surface area contributed by atoms with Gasteiger partial charge >= 0.3 is 0 Å². The Kier molecular flexibility index (Phi) is 7.11. The quantitative estimate of drug-likeness (QED) is 0.502. The number of carbonyl (C=O) groups is 2. The van der Waals surface area contributed by atoms with Crippen LogP contribution in [-0.2, 0) is 23.2 Å². The minimum atomic E-state index is -0.494. The third kappa shape index (κ3) is 5.83. The Bertz CT molecular complexity index is 1110. The Hall–Kier alpha value is -3.44. The van der Waals surface area contributed by atoms with E-state index in [2.05, 4.69) is 50.4 Å². The first kappa shape index (κ1) is 23.2. The largest absolute Gasteiger partial charge is 0.392 e. The number of aliphatic hydroxyl groups is 1. The van der Waals surface area contributed by atoms with Gasteiger partial charge in [-0.15, -0.1) is 0 Å². The number of aryl methyl sites for hydroxylation is 1. The molecule has 3 aromatic carbocycles. The number of primary amides is 1. The predicted octanol–water partition coefficient (Wildman–Crippen LogP) is 4.81. The lowest BCUT2D eigenvalue weighted by atomic mass is 9.86. The SMILES string of the molecule is CC(C)(C)c1ccc(CCC(=O)Nc2ccc(-c3cccc(C(N)=O)c3)cc2CO)cc1. The number of benzene rings is 3. The van der Waals surface area contributed by atoms with Gasteiger partial charge in [-0.05, 0) is 58.4 Å². The lowest BCUT2D eigenvalue weighted by molar-refractivity contribution is -0.116. The van der Waals surface area contributed by atoms with Crippen LogP contribution in [0.25, 0.3) is 11.1 Å². The fourth-order valence-corrected chi connectivity index (χ4v) is 3.52. The maximum absolute atomic E-state index is 12.5. The average molecular weight is 431 g/mol. The number of nitrogens with one attached hydrogen (secondary N) is 1. The van der Waals surface area contributed by atoms with Crippen molar-refractivity contribution in [3.8, 4) is 11.1 Å². The summed E-state index contributed by atoms with van der Waals surface area (Å²) in [5, 5.41) is 12.7. The van der Waals surface area contributed by atoms with Crippen molar-refractivity contribution in [3.05, 3.63) is 89.0 Å². The van der Waals surface area contributed by atoms with Gasteiger partial charge < -0.3 is 16.2 Å². The number of aliphatic hydroxyl groups excluding tert-OH is 1. The van der Waals surface area contributed by atoms with Gasteiger partial charge in [0.05, 0.1) is 6.61 Å². The highest BCUT2D eigenvalue weighted by Gasteiger charge is 2.13. The van der Waals surface area contributed by atoms with Crippen molar-refractivity contribution in [1.82, 2.24) is 0 Å². The molecule has 0 heterocycles. The van der Waals surface area contributed by atoms with E-state index in [9.17, 15) is 14.7 Å². The van der Waals surface area contributed by atoms with E-state index >= 15 is 0 Å². The topological polar surface area (TPSA) is 92.4 Å². The first-order valence-corrected chi connectivity index (χ1v) is 10.7. The molecule has 0 aliphatic carbocycles. The Labute approximate surface area is 189 Å². The molecule has 2 amide bonds. The van der Waals surface area contributed by atoms with Crippen molar-refractivity contribution in [2.45, 2.75) is 45.6 Å². The second-order valence-electron chi connectivity index (χ2n) is 8.97. The first-order valence-electron chi connectivity index (χ1n) is 10.7. The predicted molar refractivity (Wildman–Crippen MR) is 128 cm³/mol. The van der Waals surface area contributed by atoms with Crippen molar-refractivity contribution < 1.29 is 14.7 Å². The van der Waals surface area contributed by atoms with Crippen molar-refractivity contribution in [1.29, 1.82) is 0 Å². The Morgan fingerprint density at radius 1 is 0.938 bits per heavy atom. The van der Waals surface area contributed by atoms with E-state index in [0.29, 0.717) is 29.7 Å². The van der Waals surface area contributed by atoms with Crippen LogP contribution in [0.1, 0.15) is 54.2 Å². The minimum Gasteiger partial charge on any atom is -0.392 e. The van der Waals surface area contributed by atoms with Crippen molar-refractivity contribution in [2.75, 3.05) is 5.32 Å². The number of rotatable bonds is 7. The summed E-state index contributed by atoms with van der Waals surface area (Å²) in [5.41, 5.74) is 11.1. The van der Waals surface area contributed by atoms with E-state index in [1.54, 1.807) is 30.3 Å². The molecule has 0 aromatic heterocycles. The van der Waals surface area contributed by atoms with Gasteiger partial charge in [-0.3, -0.25) is 9.59 Å². The zero-order chi connectivity index (χ0) is 23.3. The zero-order valence-electron chi connectivity index (χ0n) is 18.8. The van der Waals surface area contributed by atoms with Crippen LogP contribution in [0.4, 0.5) is 5.69 Å². The lowest BCUT2D eigenvalue weighted by Gasteiger charge is -2.19. The molecule has 0 saturated carbocycles. The molecule has 4 N–H and O–H groups in total. The van der Waals surface area contributed by atoms with E-state index in [-0.39, 0.29) is 17.9 Å². The Morgan fingerprint density at radius 3 is 2.25 bits per heavy atom. The fourth-order valence-electron chi connectivity index (χ4n) is 3.52. The molecule has 166 valence electrons. The molecule has 0 atom stereocenters. The van der Waals surface area contributed by atoms with Gasteiger partial charge in [-0.1, -0.05) is 63.2 Å². The van der Waals surface area contributed by atoms with Crippen LogP contribution in [0.15, 0.2) is 66.7 Å². The molecule has 0 radical (unpaired) electrons. The molecule has 0 aliphatic heterocycles. The Morgan fingerprint density at radius 2 is 1.62 bits per heavy atom. The highest BCUT2D eigenvalue weighted by atomic mass is 16.3. The first-order chi connectivity index (χ1) is 15.2. The van der Waals surface area contributed by atoms with Crippen molar-refractivity contribution in [2.24, 2.45) is 5.73 Å². The van der Waals surface area contributed by atoms with E-state index in [0.717, 1.165) is 16.7 Å². The summed E-state index contributed by atoms with van der Waals surface area (Å²) in [6.07, 6.45) is 0.991. The molecule has 0 saturated heterocycles. The minimum absolute atomic E-state index is 0.101. The van der Waals surface area contributed by atoms with E-state index in [1.165, 1.54) is 5.56 Å². The standard InChI is InChI=1S/C27H30N2O3/c1-27(2,3)23-11-7-18(8-12-23)9-14-25(31)29-24-13-10-20(16-22(24)17-30)19-5-4-6-21(15-19)26(28)32/h4-8,10-13,15-16,30H,9,14,17H2,1-3H3,(H2,28,32)(H,29,31). The number of anilines is 1. The van der Waals surface area contributed by atoms with Crippen LogP contribution in [0.3, 0.4) is 0 Å². The summed E-state index contributed by atoms with van der Waals surface area (Å²) >= 11 is 0. The van der Waals surface area contributed by atoms with Gasteiger partial charge in [0.25, 0.3) is 0 Å². The van der Waals surface area contributed by atoms with Gasteiger partial charge in [-0.25, -0.2) is 0 Å². The summed E-state index contributed by atoms with van der Waals surface area (Å²) in [6.45, 7) is 6.31. The maximum Gasteiger partial charge on any atom is 0.248 e. The van der Waals surface area contributed by atoms with Crippen LogP contribution >= 0.6 is 0 Å². The smallest absolute Gasteiger partial charge is 0.248 e. The molecule has 0 aliphatic rings. The van der Waals surface area contributed by atoms with E-state index in [4.69, 9.17) is 5.73 Å². The summed E-state index contributed by atoms with van der Waals surface area (Å²) in [4.78, 5) is 24.0. The lowest BCUT2D eigenvalue weighted by Crippen LogP contribution is -2.14. The third-order valence-corrected chi connectivity index (χ3v) is 5.49. The second-order valence-corrected chi connectivity index (χ2v) is 8.97. The maximum atomic E-state index is 12.5. The number of nitrogens with two attached hydrogens (primary N) is 1. The van der Waals surface area contributed by atoms with Gasteiger partial charge in [0.2, 0.25) is 11.8 Å². The third-order valence-electron chi connectivity index (χ3n) is 5.49. The van der Waals surface area contributed by atoms with Crippen molar-refractivity contribution in [3.63, 3.8) is 0 Å². The molecule has 3 aromatic rings. The van der Waals surface area contributed by atoms with E-state index < -0.39 is 5.91 Å². The molecular formula is C27H30N2O3. The van der Waals surface area contributed by atoms with Crippen LogP contribution in [0, 0.1) is 0 Å². The Balaban J connectivity index is 1.67. The van der Waals surface area contributed by atoms with Gasteiger partial charge in [-0.2, -0.15) is 0 Å². The average Bonchev–Trinajstić information content (AvgIpc) is 2.77. The van der Waals surface area contributed by atoms with E-state index in [1.807, 2.05) is 12.1 Å². The molecule has 0 unspecified atom stereocenters. The highest BCUT2D eigenvalue weighted by molar-refractivity contribution is 5.94. The summed E-state index contributed by atoms with van der Waals surface area (Å²) in [6, 6.07) is 20.8. The van der Waals surface area contributed by atoms with Crippen LogP contribution in [0.5, 0.6) is 0 Å². The fraction of sp³-hybridized carbons (Fsp3) is 0.259. The molecule has 5 heteroatoms. The van der Waals surface area contributed by atoms with Crippen molar-refractivity contribution >= 4 is 17.5 Å². The zero-order valence-corrected chi connectivity index (χ0v) is 18.8. The number of hydrogen-bond donors (Lipinski definition) is 3. The molecule has 5 nitrogen and oxygen atoms in total. The van der Waals surface area contributed by atoms with Gasteiger partial charge in [0.1, 0.15) is 0 Å². The number of hydrogen-bond acceptors (Lipinski definition) is 3. The summed E-state index contributed by atoms with van der Waals surface area (Å²) in [7, 11) is 0. The summed E-state index contributed by atoms with van der Waals surface area (Å²) in [5.74, 6) is -0.603. The van der Waals surface area contributed by atoms with Crippen LogP contribution < -0.4 is 11.1 Å². The van der Waals surface area contributed by atoms with Crippen LogP contribution in [-0.4, -0.2) is 16.9 Å². The number of carbonyl (C=O) groups excluding carboxylic acids is 2. The summed E-state index contributed by atoms with van der Waals surface area (Å²) < 4.78 is 0. The molecular weight excluding hydrogens is 400 g/mol. The molecule has 3 rings (SSSR count). The molecule has 0 fully saturated rings. The monoisotopic (exact) mass is 430 g/mol. The molecule has 0 bridgehead atoms. The van der Waals surface area contributed by atoms with Gasteiger partial charge in [0.15, 0.2) is 0 Å². The molecule has 0 spiro atoms. The van der Waals surface area contributed by atoms with Gasteiger partial charge in [0, 0.05) is 23.2 Å².